The fourth-order valence-electron chi connectivity index (χ4n) is 4.63. The summed E-state index contributed by atoms with van der Waals surface area (Å²) in [6.07, 6.45) is 3.55. The number of hydrogen-bond acceptors (Lipinski definition) is 6. The molecule has 0 spiro atoms. The van der Waals surface area contributed by atoms with Crippen molar-refractivity contribution in [1.82, 2.24) is 9.80 Å². The minimum Gasteiger partial charge on any atom is -0.490 e. The molecule has 0 radical (unpaired) electrons. The van der Waals surface area contributed by atoms with Crippen LogP contribution in [0.3, 0.4) is 0 Å². The van der Waals surface area contributed by atoms with Crippen LogP contribution in [-0.4, -0.2) is 53.1 Å². The highest BCUT2D eigenvalue weighted by Crippen LogP contribution is 2.40. The van der Waals surface area contributed by atoms with Crippen LogP contribution in [0.5, 0.6) is 11.5 Å². The summed E-state index contributed by atoms with van der Waals surface area (Å²) in [6.45, 7) is 3.79. The lowest BCUT2D eigenvalue weighted by atomic mass is 10.1. The van der Waals surface area contributed by atoms with E-state index in [1.807, 2.05) is 37.3 Å². The maximum absolute atomic E-state index is 13.0. The zero-order chi connectivity index (χ0) is 26.6. The van der Waals surface area contributed by atoms with Crippen molar-refractivity contribution >= 4 is 61.6 Å². The molecule has 5 rings (SSSR count). The van der Waals surface area contributed by atoms with Crippen molar-refractivity contribution in [3.05, 3.63) is 75.1 Å². The predicted molar refractivity (Wildman–Crippen MR) is 152 cm³/mol. The molecule has 196 valence electrons. The van der Waals surface area contributed by atoms with Crippen molar-refractivity contribution < 1.29 is 23.9 Å². The van der Waals surface area contributed by atoms with Gasteiger partial charge in [0.05, 0.1) is 16.0 Å². The van der Waals surface area contributed by atoms with Gasteiger partial charge in [0, 0.05) is 13.1 Å². The van der Waals surface area contributed by atoms with Crippen molar-refractivity contribution in [2.75, 3.05) is 26.2 Å². The number of nitrogens with zero attached hydrogens (tertiary/aromatic N) is 2. The molecule has 0 N–H and O–H groups in total. The van der Waals surface area contributed by atoms with Gasteiger partial charge >= 0.3 is 0 Å². The molecular weight excluding hydrogens is 568 g/mol. The Morgan fingerprint density at radius 3 is 2.61 bits per heavy atom. The topological polar surface area (TPSA) is 76.2 Å². The van der Waals surface area contributed by atoms with Crippen molar-refractivity contribution in [2.24, 2.45) is 0 Å². The van der Waals surface area contributed by atoms with E-state index in [1.54, 1.807) is 17.0 Å². The Morgan fingerprint density at radius 1 is 1.05 bits per heavy atom. The van der Waals surface area contributed by atoms with E-state index >= 15 is 0 Å². The Morgan fingerprint density at radius 2 is 1.82 bits per heavy atom. The number of halogens is 1. The van der Waals surface area contributed by atoms with E-state index < -0.39 is 11.1 Å². The molecule has 0 unspecified atom stereocenters. The van der Waals surface area contributed by atoms with Gasteiger partial charge in [-0.25, -0.2) is 0 Å². The predicted octanol–water partition coefficient (Wildman–Crippen LogP) is 6.24. The summed E-state index contributed by atoms with van der Waals surface area (Å²) in [5.41, 5.74) is 1.73. The first kappa shape index (κ1) is 26.3. The van der Waals surface area contributed by atoms with Crippen LogP contribution in [0.15, 0.2) is 64.0 Å². The largest absolute Gasteiger partial charge is 0.490 e. The maximum Gasteiger partial charge on any atom is 0.294 e. The lowest BCUT2D eigenvalue weighted by molar-refractivity contribution is -0.135. The molecule has 7 nitrogen and oxygen atoms in total. The minimum absolute atomic E-state index is 0.194. The highest BCUT2D eigenvalue weighted by Gasteiger charge is 2.37. The first-order valence-corrected chi connectivity index (χ1v) is 14.1. The Bertz CT molecular complexity index is 1430. The number of fused-ring (bicyclic) bond motifs is 1. The number of ether oxygens (including phenoxy) is 2. The van der Waals surface area contributed by atoms with Gasteiger partial charge < -0.3 is 14.4 Å². The minimum atomic E-state index is -0.460. The van der Waals surface area contributed by atoms with E-state index in [4.69, 9.17) is 9.47 Å². The highest BCUT2D eigenvalue weighted by atomic mass is 79.9. The summed E-state index contributed by atoms with van der Waals surface area (Å²) in [4.78, 5) is 41.0. The number of carbonyl (C=O) groups is 3. The third-order valence-corrected chi connectivity index (χ3v) is 8.00. The second-order valence-corrected chi connectivity index (χ2v) is 10.9. The molecule has 3 amide bonds. The van der Waals surface area contributed by atoms with Gasteiger partial charge in [0.2, 0.25) is 5.91 Å². The van der Waals surface area contributed by atoms with Gasteiger partial charge in [-0.3, -0.25) is 19.3 Å². The molecule has 0 aromatic heterocycles. The fourth-order valence-corrected chi connectivity index (χ4v) is 6.04. The Balaban J connectivity index is 1.35. The number of thioether (sulfide) groups is 1. The Hall–Kier alpha value is -3.30. The second-order valence-electron chi connectivity index (χ2n) is 9.05. The number of rotatable bonds is 8. The molecule has 0 atom stereocenters. The molecule has 2 aliphatic heterocycles. The Labute approximate surface area is 233 Å². The molecule has 2 saturated heterocycles. The molecule has 3 aromatic carbocycles. The van der Waals surface area contributed by atoms with Gasteiger partial charge in [-0.1, -0.05) is 42.5 Å². The molecular formula is C29H27BrN2O5S. The van der Waals surface area contributed by atoms with Crippen molar-refractivity contribution in [3.63, 3.8) is 0 Å². The van der Waals surface area contributed by atoms with Crippen LogP contribution in [0, 0.1) is 0 Å². The fraction of sp³-hybridized carbons (Fsp3) is 0.276. The van der Waals surface area contributed by atoms with Crippen molar-refractivity contribution in [3.8, 4) is 11.5 Å². The van der Waals surface area contributed by atoms with Gasteiger partial charge in [0.15, 0.2) is 11.5 Å². The molecule has 3 aromatic rings. The number of hydrogen-bond donors (Lipinski definition) is 0. The standard InChI is InChI=1S/C29H27BrN2O5S/c1-2-36-24-15-19(16-25-28(34)32(29(35)38-25)17-26(33)31-12-5-6-13-31)14-23(30)27(24)37-18-21-10-7-9-20-8-3-4-11-22(20)21/h3-4,7-11,14-16H,2,5-6,12-13,17-18H2,1H3/b25-16+. The molecule has 0 aliphatic carbocycles. The van der Waals surface area contributed by atoms with Gasteiger partial charge in [0.1, 0.15) is 13.2 Å². The average Bonchev–Trinajstić information content (AvgIpc) is 3.54. The zero-order valence-corrected chi connectivity index (χ0v) is 23.3. The summed E-state index contributed by atoms with van der Waals surface area (Å²) < 4.78 is 12.8. The van der Waals surface area contributed by atoms with Crippen molar-refractivity contribution in [1.29, 1.82) is 0 Å². The second kappa shape index (κ2) is 11.6. The summed E-state index contributed by atoms with van der Waals surface area (Å²) in [5.74, 6) is 0.427. The number of likely N-dealkylation sites (tertiary alicyclic amines) is 1. The monoisotopic (exact) mass is 594 g/mol. The maximum atomic E-state index is 13.0. The third kappa shape index (κ3) is 5.59. The number of amides is 3. The summed E-state index contributed by atoms with van der Waals surface area (Å²) in [5, 5.41) is 1.83. The molecule has 9 heteroatoms. The van der Waals surface area contributed by atoms with Crippen LogP contribution in [0.25, 0.3) is 16.8 Å². The molecule has 0 saturated carbocycles. The van der Waals surface area contributed by atoms with Gasteiger partial charge in [-0.05, 0) is 87.6 Å². The third-order valence-electron chi connectivity index (χ3n) is 6.51. The van der Waals surface area contributed by atoms with Gasteiger partial charge in [-0.2, -0.15) is 0 Å². The average molecular weight is 596 g/mol. The lowest BCUT2D eigenvalue weighted by Gasteiger charge is -2.18. The SMILES string of the molecule is CCOc1cc(/C=C2/SC(=O)N(CC(=O)N3CCCC3)C2=O)cc(Br)c1OCc1cccc2ccccc12. The number of benzene rings is 3. The normalized spacial score (nSPS) is 16.6. The molecule has 2 heterocycles. The van der Waals surface area contributed by atoms with Crippen LogP contribution in [0.2, 0.25) is 0 Å². The van der Waals surface area contributed by atoms with Crippen LogP contribution >= 0.6 is 27.7 Å². The molecule has 38 heavy (non-hydrogen) atoms. The van der Waals surface area contributed by atoms with E-state index in [1.165, 1.54) is 0 Å². The van der Waals surface area contributed by atoms with Gasteiger partial charge in [0.25, 0.3) is 11.1 Å². The van der Waals surface area contributed by atoms with Crippen LogP contribution in [0.1, 0.15) is 30.9 Å². The van der Waals surface area contributed by atoms with Gasteiger partial charge in [-0.15, -0.1) is 0 Å². The van der Waals surface area contributed by atoms with Crippen molar-refractivity contribution in [2.45, 2.75) is 26.4 Å². The quantitative estimate of drug-likeness (QED) is 0.287. The highest BCUT2D eigenvalue weighted by molar-refractivity contribution is 9.10. The van der Waals surface area contributed by atoms with Crippen LogP contribution < -0.4 is 9.47 Å². The summed E-state index contributed by atoms with van der Waals surface area (Å²) in [6, 6.07) is 17.9. The zero-order valence-electron chi connectivity index (χ0n) is 20.9. The van der Waals surface area contributed by atoms with Crippen LogP contribution in [-0.2, 0) is 16.2 Å². The summed E-state index contributed by atoms with van der Waals surface area (Å²) in [7, 11) is 0. The lowest BCUT2D eigenvalue weighted by Crippen LogP contribution is -2.40. The van der Waals surface area contributed by atoms with E-state index in [2.05, 4.69) is 34.1 Å². The van der Waals surface area contributed by atoms with E-state index in [-0.39, 0.29) is 17.4 Å². The number of carbonyl (C=O) groups excluding carboxylic acids is 3. The van der Waals surface area contributed by atoms with E-state index in [0.717, 1.165) is 45.8 Å². The Kier molecular flexibility index (Phi) is 8.04. The summed E-state index contributed by atoms with van der Waals surface area (Å²) >= 11 is 4.44. The number of imide groups is 1. The van der Waals surface area contributed by atoms with E-state index in [9.17, 15) is 14.4 Å². The molecule has 2 fully saturated rings. The first-order chi connectivity index (χ1) is 18.4. The molecule has 2 aliphatic rings. The van der Waals surface area contributed by atoms with Crippen LogP contribution in [0.4, 0.5) is 4.79 Å². The van der Waals surface area contributed by atoms with E-state index in [0.29, 0.717) is 47.8 Å². The smallest absolute Gasteiger partial charge is 0.294 e. The molecule has 0 bridgehead atoms. The first-order valence-electron chi connectivity index (χ1n) is 12.5.